The van der Waals surface area contributed by atoms with Gasteiger partial charge in [0.1, 0.15) is 23.2 Å². The molecular formula is C24H26FN5O2. The van der Waals surface area contributed by atoms with Crippen LogP contribution in [0.25, 0.3) is 11.3 Å². The zero-order chi connectivity index (χ0) is 22.7. The Morgan fingerprint density at radius 2 is 2.03 bits per heavy atom. The molecule has 0 unspecified atom stereocenters. The lowest BCUT2D eigenvalue weighted by atomic mass is 9.92. The minimum Gasteiger partial charge on any atom is -0.495 e. The molecule has 8 heteroatoms. The first-order valence-corrected chi connectivity index (χ1v) is 10.6. The molecule has 0 radical (unpaired) electrons. The number of likely N-dealkylation sites (tertiary alicyclic amines) is 1. The number of hydrogen-bond donors (Lipinski definition) is 1. The third-order valence-electron chi connectivity index (χ3n) is 5.74. The Bertz CT molecular complexity index is 1120. The summed E-state index contributed by atoms with van der Waals surface area (Å²) in [6.45, 7) is 4.22. The standard InChI is InChI=1S/C24H26FN5O2/c1-15-7-8-17(14-30(15)16(2)31)24-28-22(18-9-21(32-3)13-26-12-18)11-23(29-24)27-20-6-4-5-19(25)10-20/h4-6,9-13,15,17H,7-8,14H2,1-3H3,(H,27,28,29)/t15-,17+/m1/s1. The molecule has 1 aliphatic rings. The average molecular weight is 436 g/mol. The van der Waals surface area contributed by atoms with Crippen molar-refractivity contribution in [3.8, 4) is 17.0 Å². The summed E-state index contributed by atoms with van der Waals surface area (Å²) in [5.74, 6) is 1.53. The van der Waals surface area contributed by atoms with Gasteiger partial charge >= 0.3 is 0 Å². The van der Waals surface area contributed by atoms with Gasteiger partial charge in [0.15, 0.2) is 0 Å². The molecule has 3 aromatic rings. The van der Waals surface area contributed by atoms with Crippen LogP contribution < -0.4 is 10.1 Å². The fourth-order valence-electron chi connectivity index (χ4n) is 4.00. The second kappa shape index (κ2) is 9.30. The van der Waals surface area contributed by atoms with Crippen molar-refractivity contribution in [2.45, 2.75) is 38.6 Å². The van der Waals surface area contributed by atoms with E-state index >= 15 is 0 Å². The number of piperidine rings is 1. The number of pyridine rings is 1. The molecule has 1 fully saturated rings. The third kappa shape index (κ3) is 4.85. The van der Waals surface area contributed by atoms with E-state index < -0.39 is 0 Å². The number of hydrogen-bond acceptors (Lipinski definition) is 6. The van der Waals surface area contributed by atoms with Crippen molar-refractivity contribution in [1.82, 2.24) is 19.9 Å². The minimum atomic E-state index is -0.333. The van der Waals surface area contributed by atoms with Crippen molar-refractivity contribution in [1.29, 1.82) is 0 Å². The van der Waals surface area contributed by atoms with Gasteiger partial charge in [-0.15, -0.1) is 0 Å². The first-order chi connectivity index (χ1) is 15.4. The van der Waals surface area contributed by atoms with Crippen LogP contribution in [0.4, 0.5) is 15.9 Å². The van der Waals surface area contributed by atoms with Crippen molar-refractivity contribution in [3.63, 3.8) is 0 Å². The van der Waals surface area contributed by atoms with Crippen LogP contribution in [-0.2, 0) is 4.79 Å². The minimum absolute atomic E-state index is 0.00155. The van der Waals surface area contributed by atoms with E-state index in [1.807, 2.05) is 11.0 Å². The Kier molecular flexibility index (Phi) is 6.30. The van der Waals surface area contributed by atoms with Crippen molar-refractivity contribution < 1.29 is 13.9 Å². The van der Waals surface area contributed by atoms with E-state index in [0.29, 0.717) is 35.3 Å². The SMILES string of the molecule is COc1cncc(-c2cc(Nc3cccc(F)c3)nc([C@H]3CC[C@@H](C)N(C(C)=O)C3)n2)c1. The summed E-state index contributed by atoms with van der Waals surface area (Å²) < 4.78 is 19.0. The van der Waals surface area contributed by atoms with Gasteiger partial charge in [-0.25, -0.2) is 14.4 Å². The first kappa shape index (κ1) is 21.7. The van der Waals surface area contributed by atoms with E-state index in [0.717, 1.165) is 18.4 Å². The topological polar surface area (TPSA) is 80.2 Å². The van der Waals surface area contributed by atoms with Gasteiger partial charge in [0.05, 0.1) is 19.0 Å². The van der Waals surface area contributed by atoms with Crippen molar-refractivity contribution in [2.24, 2.45) is 0 Å². The Labute approximate surface area is 186 Å². The predicted octanol–water partition coefficient (Wildman–Crippen LogP) is 4.54. The maximum atomic E-state index is 13.7. The summed E-state index contributed by atoms with van der Waals surface area (Å²) >= 11 is 0. The number of anilines is 2. The van der Waals surface area contributed by atoms with Crippen LogP contribution in [0.1, 0.15) is 38.4 Å². The lowest BCUT2D eigenvalue weighted by Crippen LogP contribution is -2.44. The third-order valence-corrected chi connectivity index (χ3v) is 5.74. The zero-order valence-electron chi connectivity index (χ0n) is 18.4. The molecule has 7 nitrogen and oxygen atoms in total. The Hall–Kier alpha value is -3.55. The zero-order valence-corrected chi connectivity index (χ0v) is 18.4. The molecule has 1 saturated heterocycles. The summed E-state index contributed by atoms with van der Waals surface area (Å²) in [6.07, 6.45) is 5.10. The molecule has 4 rings (SSSR count). The van der Waals surface area contributed by atoms with Gasteiger partial charge in [-0.2, -0.15) is 0 Å². The second-order valence-corrected chi connectivity index (χ2v) is 8.04. The molecule has 2 atom stereocenters. The molecule has 32 heavy (non-hydrogen) atoms. The number of ether oxygens (including phenoxy) is 1. The molecule has 1 aromatic carbocycles. The molecule has 0 saturated carbocycles. The van der Waals surface area contributed by atoms with Crippen LogP contribution in [0, 0.1) is 5.82 Å². The number of amides is 1. The molecular weight excluding hydrogens is 409 g/mol. The number of rotatable bonds is 5. The van der Waals surface area contributed by atoms with Crippen LogP contribution in [-0.4, -0.2) is 45.5 Å². The van der Waals surface area contributed by atoms with Crippen LogP contribution in [0.2, 0.25) is 0 Å². The first-order valence-electron chi connectivity index (χ1n) is 10.6. The molecule has 0 spiro atoms. The summed E-state index contributed by atoms with van der Waals surface area (Å²) in [6, 6.07) is 10.1. The smallest absolute Gasteiger partial charge is 0.219 e. The van der Waals surface area contributed by atoms with Gasteiger partial charge in [0, 0.05) is 48.9 Å². The van der Waals surface area contributed by atoms with Crippen molar-refractivity contribution in [3.05, 3.63) is 60.4 Å². The Morgan fingerprint density at radius 3 is 2.78 bits per heavy atom. The van der Waals surface area contributed by atoms with Gasteiger partial charge in [0.25, 0.3) is 0 Å². The predicted molar refractivity (Wildman–Crippen MR) is 120 cm³/mol. The maximum absolute atomic E-state index is 13.7. The number of nitrogens with zero attached hydrogens (tertiary/aromatic N) is 4. The Morgan fingerprint density at radius 1 is 1.19 bits per heavy atom. The number of carbonyl (C=O) groups is 1. The summed E-state index contributed by atoms with van der Waals surface area (Å²) in [5, 5.41) is 3.18. The highest BCUT2D eigenvalue weighted by Crippen LogP contribution is 2.32. The Balaban J connectivity index is 1.74. The molecule has 2 aromatic heterocycles. The van der Waals surface area contributed by atoms with Gasteiger partial charge in [-0.05, 0) is 44.0 Å². The van der Waals surface area contributed by atoms with E-state index in [4.69, 9.17) is 14.7 Å². The van der Waals surface area contributed by atoms with Crippen LogP contribution in [0.15, 0.2) is 48.8 Å². The highest BCUT2D eigenvalue weighted by atomic mass is 19.1. The molecule has 1 amide bonds. The number of halogens is 1. The molecule has 1 aliphatic heterocycles. The lowest BCUT2D eigenvalue weighted by molar-refractivity contribution is -0.132. The van der Waals surface area contributed by atoms with Gasteiger partial charge < -0.3 is 15.0 Å². The van der Waals surface area contributed by atoms with E-state index in [2.05, 4.69) is 17.2 Å². The van der Waals surface area contributed by atoms with E-state index in [-0.39, 0.29) is 23.7 Å². The largest absolute Gasteiger partial charge is 0.495 e. The van der Waals surface area contributed by atoms with E-state index in [1.54, 1.807) is 44.6 Å². The molecule has 1 N–H and O–H groups in total. The second-order valence-electron chi connectivity index (χ2n) is 8.04. The number of benzene rings is 1. The molecule has 0 aliphatic carbocycles. The van der Waals surface area contributed by atoms with Crippen LogP contribution in [0.3, 0.4) is 0 Å². The molecule has 3 heterocycles. The summed E-state index contributed by atoms with van der Waals surface area (Å²) in [5.41, 5.74) is 2.04. The molecule has 0 bridgehead atoms. The van der Waals surface area contributed by atoms with E-state index in [9.17, 15) is 9.18 Å². The van der Waals surface area contributed by atoms with Crippen LogP contribution >= 0.6 is 0 Å². The maximum Gasteiger partial charge on any atom is 0.219 e. The van der Waals surface area contributed by atoms with Crippen molar-refractivity contribution in [2.75, 3.05) is 19.0 Å². The van der Waals surface area contributed by atoms with Crippen molar-refractivity contribution >= 4 is 17.4 Å². The number of methoxy groups -OCH3 is 1. The quantitative estimate of drug-likeness (QED) is 0.634. The highest BCUT2D eigenvalue weighted by Gasteiger charge is 2.30. The fraction of sp³-hybridized carbons (Fsp3) is 0.333. The lowest BCUT2D eigenvalue weighted by Gasteiger charge is -2.37. The normalized spacial score (nSPS) is 18.3. The number of aromatic nitrogens is 3. The number of nitrogens with one attached hydrogen (secondary N) is 1. The van der Waals surface area contributed by atoms with Crippen LogP contribution in [0.5, 0.6) is 5.75 Å². The van der Waals surface area contributed by atoms with Gasteiger partial charge in [0.2, 0.25) is 5.91 Å². The van der Waals surface area contributed by atoms with Gasteiger partial charge in [-0.1, -0.05) is 6.07 Å². The average Bonchev–Trinajstić information content (AvgIpc) is 2.79. The number of carbonyl (C=O) groups excluding carboxylic acids is 1. The summed E-state index contributed by atoms with van der Waals surface area (Å²) in [4.78, 5) is 27.8. The van der Waals surface area contributed by atoms with Gasteiger partial charge in [-0.3, -0.25) is 9.78 Å². The fourth-order valence-corrected chi connectivity index (χ4v) is 4.00. The monoisotopic (exact) mass is 435 g/mol. The molecule has 166 valence electrons. The highest BCUT2D eigenvalue weighted by molar-refractivity contribution is 5.74. The summed E-state index contributed by atoms with van der Waals surface area (Å²) in [7, 11) is 1.59. The van der Waals surface area contributed by atoms with E-state index in [1.165, 1.54) is 12.1 Å².